The van der Waals surface area contributed by atoms with Gasteiger partial charge in [0.05, 0.1) is 5.69 Å². The van der Waals surface area contributed by atoms with Crippen LogP contribution >= 0.6 is 0 Å². The van der Waals surface area contributed by atoms with Crippen molar-refractivity contribution < 1.29 is 17.9 Å². The van der Waals surface area contributed by atoms with Gasteiger partial charge in [-0.15, -0.1) is 0 Å². The van der Waals surface area contributed by atoms with E-state index < -0.39 is 12.4 Å². The van der Waals surface area contributed by atoms with Gasteiger partial charge in [-0.3, -0.25) is 0 Å². The zero-order chi connectivity index (χ0) is 24.6. The number of fused-ring (bicyclic) bond motifs is 2. The molecule has 2 bridgehead atoms. The number of alkyl halides is 2. The molecule has 4 unspecified atom stereocenters. The largest absolute Gasteiger partial charge is 0.433 e. The molecule has 188 valence electrons. The topological polar surface area (TPSA) is 33.3 Å². The molecule has 6 heteroatoms. The minimum absolute atomic E-state index is 0.0134. The number of halogens is 3. The molecule has 1 aliphatic heterocycles. The fourth-order valence-electron chi connectivity index (χ4n) is 6.97. The average Bonchev–Trinajstić information content (AvgIpc) is 3.60. The zero-order valence-corrected chi connectivity index (χ0v) is 20.0. The quantitative estimate of drug-likeness (QED) is 0.380. The maximum Gasteiger partial charge on any atom is 0.387 e. The predicted octanol–water partition coefficient (Wildman–Crippen LogP) is 6.82. The van der Waals surface area contributed by atoms with Gasteiger partial charge in [-0.2, -0.15) is 8.78 Å². The Balaban J connectivity index is 1.45. The van der Waals surface area contributed by atoms with Gasteiger partial charge in [0.2, 0.25) is 0 Å². The van der Waals surface area contributed by atoms with Crippen LogP contribution in [0.3, 0.4) is 0 Å². The van der Waals surface area contributed by atoms with E-state index in [0.717, 1.165) is 18.9 Å². The molecule has 1 saturated heterocycles. The zero-order valence-electron chi connectivity index (χ0n) is 20.0. The Morgan fingerprint density at radius 1 is 0.861 bits per heavy atom. The van der Waals surface area contributed by atoms with E-state index >= 15 is 0 Å². The fraction of sp³-hybridized carbons (Fsp3) is 0.400. The van der Waals surface area contributed by atoms with Crippen LogP contribution in [0.4, 0.5) is 18.9 Å². The van der Waals surface area contributed by atoms with Gasteiger partial charge in [0.15, 0.2) is 0 Å². The first-order chi connectivity index (χ1) is 17.6. The van der Waals surface area contributed by atoms with Crippen molar-refractivity contribution in [3.05, 3.63) is 95.8 Å². The minimum Gasteiger partial charge on any atom is -0.433 e. The average molecular weight is 493 g/mol. The van der Waals surface area contributed by atoms with Crippen molar-refractivity contribution in [2.45, 2.75) is 56.3 Å². The van der Waals surface area contributed by atoms with E-state index in [4.69, 9.17) is 4.74 Å². The Morgan fingerprint density at radius 3 is 2.22 bits per heavy atom. The number of ether oxygens (including phenoxy) is 1. The molecule has 6 rings (SSSR count). The predicted molar refractivity (Wildman–Crippen MR) is 135 cm³/mol. The smallest absolute Gasteiger partial charge is 0.387 e. The number of anilines is 1. The minimum atomic E-state index is -2.98. The molecule has 0 aromatic heterocycles. The third-order valence-corrected chi connectivity index (χ3v) is 8.43. The van der Waals surface area contributed by atoms with Crippen molar-refractivity contribution in [2.24, 2.45) is 17.8 Å². The third-order valence-electron chi connectivity index (χ3n) is 8.43. The van der Waals surface area contributed by atoms with Crippen molar-refractivity contribution in [1.82, 2.24) is 5.32 Å². The number of hydrogen-bond acceptors (Lipinski definition) is 3. The van der Waals surface area contributed by atoms with E-state index in [2.05, 4.69) is 59.2 Å². The van der Waals surface area contributed by atoms with E-state index in [0.29, 0.717) is 23.8 Å². The van der Waals surface area contributed by atoms with Gasteiger partial charge in [-0.05, 0) is 60.3 Å². The lowest BCUT2D eigenvalue weighted by molar-refractivity contribution is -0.0494. The summed E-state index contributed by atoms with van der Waals surface area (Å²) in [6, 6.07) is 25.0. The second kappa shape index (κ2) is 9.81. The number of nitrogens with one attached hydrogen (secondary N) is 2. The van der Waals surface area contributed by atoms with Gasteiger partial charge < -0.3 is 15.4 Å². The molecule has 0 spiro atoms. The van der Waals surface area contributed by atoms with Gasteiger partial charge >= 0.3 is 6.61 Å². The van der Waals surface area contributed by atoms with Crippen LogP contribution in [-0.2, 0) is 0 Å². The van der Waals surface area contributed by atoms with Crippen molar-refractivity contribution in [1.29, 1.82) is 0 Å². The van der Waals surface area contributed by atoms with Gasteiger partial charge in [0.25, 0.3) is 0 Å². The second-order valence-electron chi connectivity index (χ2n) is 10.4. The van der Waals surface area contributed by atoms with Gasteiger partial charge in [-0.25, -0.2) is 4.39 Å². The Kier molecular flexibility index (Phi) is 6.38. The molecule has 36 heavy (non-hydrogen) atoms. The van der Waals surface area contributed by atoms with Gasteiger partial charge in [-0.1, -0.05) is 67.1 Å². The standard InChI is InChI=1S/C30H31F3N2O/c31-20-14-15-25(36-30(32)33)24(16-20)35-29-27-22-13-7-12-21(17-23(22)27)34-28(29)26(18-8-3-1-4-9-18)19-10-5-2-6-11-19/h1-6,8-11,14-16,21-23,26-30,34-35H,7,12-13,17H2/t21?,22-,23?,27-,28?,29?/m0/s1. The van der Waals surface area contributed by atoms with Crippen molar-refractivity contribution >= 4 is 5.69 Å². The van der Waals surface area contributed by atoms with Gasteiger partial charge in [0.1, 0.15) is 11.6 Å². The summed E-state index contributed by atoms with van der Waals surface area (Å²) in [4.78, 5) is 0. The lowest BCUT2D eigenvalue weighted by Crippen LogP contribution is -2.51. The molecule has 2 saturated carbocycles. The molecule has 3 fully saturated rings. The van der Waals surface area contributed by atoms with E-state index in [1.807, 2.05) is 12.1 Å². The van der Waals surface area contributed by atoms with E-state index in [-0.39, 0.29) is 29.4 Å². The molecular weight excluding hydrogens is 461 g/mol. The first kappa shape index (κ1) is 23.4. The van der Waals surface area contributed by atoms with Crippen LogP contribution in [0.1, 0.15) is 42.7 Å². The van der Waals surface area contributed by atoms with Crippen LogP contribution in [0.15, 0.2) is 78.9 Å². The molecule has 3 aliphatic rings. The molecule has 1 heterocycles. The summed E-state index contributed by atoms with van der Waals surface area (Å²) in [6.45, 7) is -2.98. The summed E-state index contributed by atoms with van der Waals surface area (Å²) in [5.41, 5.74) is 2.68. The molecule has 2 aliphatic carbocycles. The van der Waals surface area contributed by atoms with E-state index in [1.54, 1.807) is 0 Å². The summed E-state index contributed by atoms with van der Waals surface area (Å²) in [6.07, 6.45) is 4.64. The molecule has 6 atom stereocenters. The van der Waals surface area contributed by atoms with Crippen molar-refractivity contribution in [3.63, 3.8) is 0 Å². The van der Waals surface area contributed by atoms with Crippen LogP contribution in [0, 0.1) is 23.6 Å². The summed E-state index contributed by atoms with van der Waals surface area (Å²) in [5.74, 6) is 1.13. The molecule has 0 radical (unpaired) electrons. The molecule has 2 N–H and O–H groups in total. The number of hydrogen-bond donors (Lipinski definition) is 2. The molecule has 3 nitrogen and oxygen atoms in total. The fourth-order valence-corrected chi connectivity index (χ4v) is 6.97. The Labute approximate surface area is 210 Å². The lowest BCUT2D eigenvalue weighted by atomic mass is 9.80. The van der Waals surface area contributed by atoms with Crippen LogP contribution in [0.2, 0.25) is 0 Å². The maximum atomic E-state index is 14.3. The molecule has 0 amide bonds. The van der Waals surface area contributed by atoms with Crippen molar-refractivity contribution in [3.8, 4) is 5.75 Å². The molecular formula is C30H31F3N2O. The molecule has 3 aromatic carbocycles. The summed E-state index contributed by atoms with van der Waals surface area (Å²) >= 11 is 0. The Morgan fingerprint density at radius 2 is 1.56 bits per heavy atom. The maximum absolute atomic E-state index is 14.3. The first-order valence-corrected chi connectivity index (χ1v) is 13.0. The summed E-state index contributed by atoms with van der Waals surface area (Å²) < 4.78 is 45.5. The number of benzene rings is 3. The second-order valence-corrected chi connectivity index (χ2v) is 10.4. The van der Waals surface area contributed by atoms with Gasteiger partial charge in [0, 0.05) is 30.1 Å². The van der Waals surface area contributed by atoms with E-state index in [9.17, 15) is 13.2 Å². The normalized spacial score (nSPS) is 28.9. The molecule has 3 aromatic rings. The highest BCUT2D eigenvalue weighted by Crippen LogP contribution is 2.59. The highest BCUT2D eigenvalue weighted by molar-refractivity contribution is 5.58. The van der Waals surface area contributed by atoms with Crippen molar-refractivity contribution in [2.75, 3.05) is 5.32 Å². The van der Waals surface area contributed by atoms with Crippen LogP contribution in [0.5, 0.6) is 5.75 Å². The number of rotatable bonds is 7. The van der Waals surface area contributed by atoms with Crippen LogP contribution < -0.4 is 15.4 Å². The SMILES string of the molecule is Fc1ccc(OC(F)F)c(NC2C(C(c3ccccc3)c3ccccc3)NC3CCC[C@H]4C(C3)[C@@H]24)c1. The first-order valence-electron chi connectivity index (χ1n) is 13.0. The third kappa shape index (κ3) is 4.59. The highest BCUT2D eigenvalue weighted by atomic mass is 19.3. The van der Waals surface area contributed by atoms with Crippen LogP contribution in [-0.4, -0.2) is 24.7 Å². The van der Waals surface area contributed by atoms with E-state index in [1.165, 1.54) is 36.1 Å². The van der Waals surface area contributed by atoms with Crippen LogP contribution in [0.25, 0.3) is 0 Å². The lowest BCUT2D eigenvalue weighted by Gasteiger charge is -2.38. The Hall–Kier alpha value is -2.99. The summed E-state index contributed by atoms with van der Waals surface area (Å²) in [5, 5.41) is 7.55. The highest BCUT2D eigenvalue weighted by Gasteiger charge is 2.59. The summed E-state index contributed by atoms with van der Waals surface area (Å²) in [7, 11) is 0. The Bertz CT molecular complexity index is 1140. The monoisotopic (exact) mass is 492 g/mol.